The van der Waals surface area contributed by atoms with Crippen LogP contribution in [0.15, 0.2) is 4.52 Å². The lowest BCUT2D eigenvalue weighted by Gasteiger charge is -2.13. The molecule has 2 N–H and O–H groups in total. The molecule has 1 aromatic heterocycles. The van der Waals surface area contributed by atoms with Gasteiger partial charge in [-0.1, -0.05) is 25.9 Å². The van der Waals surface area contributed by atoms with Crippen molar-refractivity contribution in [1.29, 1.82) is 0 Å². The van der Waals surface area contributed by atoms with E-state index < -0.39 is 0 Å². The van der Waals surface area contributed by atoms with E-state index in [4.69, 9.17) is 10.3 Å². The van der Waals surface area contributed by atoms with Crippen LogP contribution in [-0.2, 0) is 5.75 Å². The van der Waals surface area contributed by atoms with Crippen LogP contribution in [-0.4, -0.2) is 22.4 Å². The molecule has 0 amide bonds. The van der Waals surface area contributed by atoms with Crippen molar-refractivity contribution in [3.63, 3.8) is 0 Å². The van der Waals surface area contributed by atoms with E-state index in [1.165, 1.54) is 6.42 Å². The summed E-state index contributed by atoms with van der Waals surface area (Å²) in [5.41, 5.74) is 5.70. The van der Waals surface area contributed by atoms with E-state index in [0.717, 1.165) is 17.3 Å². The van der Waals surface area contributed by atoms with Crippen LogP contribution in [0.1, 0.15) is 44.8 Å². The summed E-state index contributed by atoms with van der Waals surface area (Å²) >= 11 is 1.83. The predicted octanol–water partition coefficient (Wildman–Crippen LogP) is 2.41. The van der Waals surface area contributed by atoms with Crippen LogP contribution in [0.3, 0.4) is 0 Å². The molecule has 1 atom stereocenters. The number of thioether (sulfide) groups is 1. The summed E-state index contributed by atoms with van der Waals surface area (Å²) in [6.07, 6.45) is 1.17. The van der Waals surface area contributed by atoms with Crippen LogP contribution < -0.4 is 5.73 Å². The first-order chi connectivity index (χ1) is 7.69. The van der Waals surface area contributed by atoms with Gasteiger partial charge in [0.2, 0.25) is 5.89 Å². The lowest BCUT2D eigenvalue weighted by atomic mass is 9.96. The van der Waals surface area contributed by atoms with Crippen LogP contribution in [0.4, 0.5) is 0 Å². The summed E-state index contributed by atoms with van der Waals surface area (Å²) in [5.74, 6) is 4.04. The summed E-state index contributed by atoms with van der Waals surface area (Å²) in [7, 11) is 0. The molecule has 0 bridgehead atoms. The smallest absolute Gasteiger partial charge is 0.231 e. The summed E-state index contributed by atoms with van der Waals surface area (Å²) in [4.78, 5) is 4.40. The minimum absolute atomic E-state index is 0.178. The summed E-state index contributed by atoms with van der Waals surface area (Å²) in [6.45, 7) is 6.96. The SMILES string of the molecule is CCCSCc1noc(C(CN)C(C)C)n1. The number of hydrogen-bond acceptors (Lipinski definition) is 5. The van der Waals surface area contributed by atoms with Crippen LogP contribution in [0, 0.1) is 5.92 Å². The molecule has 92 valence electrons. The molecule has 0 fully saturated rings. The Morgan fingerprint density at radius 1 is 1.44 bits per heavy atom. The van der Waals surface area contributed by atoms with Gasteiger partial charge < -0.3 is 10.3 Å². The molecule has 0 saturated heterocycles. The molecule has 0 aliphatic heterocycles. The number of nitrogens with two attached hydrogens (primary N) is 1. The molecule has 16 heavy (non-hydrogen) atoms. The highest BCUT2D eigenvalue weighted by atomic mass is 32.2. The van der Waals surface area contributed by atoms with Crippen molar-refractivity contribution >= 4 is 11.8 Å². The average molecular weight is 243 g/mol. The number of aromatic nitrogens is 2. The minimum Gasteiger partial charge on any atom is -0.339 e. The second-order valence-corrected chi connectivity index (χ2v) is 5.29. The molecule has 0 saturated carbocycles. The van der Waals surface area contributed by atoms with Gasteiger partial charge in [0.05, 0.1) is 11.7 Å². The van der Waals surface area contributed by atoms with E-state index in [9.17, 15) is 0 Å². The van der Waals surface area contributed by atoms with E-state index >= 15 is 0 Å². The van der Waals surface area contributed by atoms with Crippen molar-refractivity contribution < 1.29 is 4.52 Å². The lowest BCUT2D eigenvalue weighted by Crippen LogP contribution is -2.18. The average Bonchev–Trinajstić information content (AvgIpc) is 2.67. The molecule has 0 radical (unpaired) electrons. The third kappa shape index (κ3) is 3.79. The molecule has 0 spiro atoms. The Labute approximate surface area is 101 Å². The van der Waals surface area contributed by atoms with E-state index in [1.54, 1.807) is 0 Å². The molecule has 1 rings (SSSR count). The molecule has 0 aliphatic rings. The molecular formula is C11H21N3OS. The topological polar surface area (TPSA) is 64.9 Å². The van der Waals surface area contributed by atoms with Crippen LogP contribution in [0.2, 0.25) is 0 Å². The molecular weight excluding hydrogens is 222 g/mol. The zero-order chi connectivity index (χ0) is 12.0. The Hall–Kier alpha value is -0.550. The Morgan fingerprint density at radius 3 is 2.75 bits per heavy atom. The standard InChI is InChI=1S/C11H21N3OS/c1-4-5-16-7-10-13-11(15-14-10)9(6-12)8(2)3/h8-9H,4-7,12H2,1-3H3. The van der Waals surface area contributed by atoms with Crippen molar-refractivity contribution in [2.45, 2.75) is 38.9 Å². The third-order valence-corrected chi connectivity index (χ3v) is 3.60. The summed E-state index contributed by atoms with van der Waals surface area (Å²) in [6, 6.07) is 0. The molecule has 0 aromatic carbocycles. The Morgan fingerprint density at radius 2 is 2.19 bits per heavy atom. The van der Waals surface area contributed by atoms with Crippen molar-refractivity contribution in [1.82, 2.24) is 10.1 Å². The Kier molecular flexibility index (Phi) is 5.84. The van der Waals surface area contributed by atoms with Crippen molar-refractivity contribution in [2.24, 2.45) is 11.7 Å². The van der Waals surface area contributed by atoms with Gasteiger partial charge in [0, 0.05) is 6.54 Å². The van der Waals surface area contributed by atoms with Crippen molar-refractivity contribution in [2.75, 3.05) is 12.3 Å². The number of rotatable bonds is 7. The highest BCUT2D eigenvalue weighted by Gasteiger charge is 2.20. The van der Waals surface area contributed by atoms with Gasteiger partial charge in [0.1, 0.15) is 0 Å². The van der Waals surface area contributed by atoms with Crippen LogP contribution in [0.25, 0.3) is 0 Å². The third-order valence-electron chi connectivity index (χ3n) is 2.44. The van der Waals surface area contributed by atoms with Gasteiger partial charge >= 0.3 is 0 Å². The van der Waals surface area contributed by atoms with Crippen molar-refractivity contribution in [3.8, 4) is 0 Å². The molecule has 0 aliphatic carbocycles. The van der Waals surface area contributed by atoms with E-state index in [-0.39, 0.29) is 5.92 Å². The maximum absolute atomic E-state index is 5.70. The highest BCUT2D eigenvalue weighted by Crippen LogP contribution is 2.22. The van der Waals surface area contributed by atoms with Crippen LogP contribution in [0.5, 0.6) is 0 Å². The summed E-state index contributed by atoms with van der Waals surface area (Å²) in [5, 5.41) is 3.98. The summed E-state index contributed by atoms with van der Waals surface area (Å²) < 4.78 is 5.26. The second-order valence-electron chi connectivity index (χ2n) is 4.19. The van der Waals surface area contributed by atoms with Gasteiger partial charge in [0.25, 0.3) is 0 Å². The molecule has 4 nitrogen and oxygen atoms in total. The Bertz CT molecular complexity index is 301. The highest BCUT2D eigenvalue weighted by molar-refractivity contribution is 7.98. The zero-order valence-corrected chi connectivity index (χ0v) is 11.1. The molecule has 1 unspecified atom stereocenters. The first-order valence-electron chi connectivity index (χ1n) is 5.79. The van der Waals surface area contributed by atoms with Crippen molar-refractivity contribution in [3.05, 3.63) is 11.7 Å². The largest absolute Gasteiger partial charge is 0.339 e. The maximum atomic E-state index is 5.70. The first-order valence-corrected chi connectivity index (χ1v) is 6.94. The van der Waals surface area contributed by atoms with Gasteiger partial charge in [-0.25, -0.2) is 0 Å². The van der Waals surface area contributed by atoms with E-state index in [0.29, 0.717) is 18.4 Å². The predicted molar refractivity (Wildman–Crippen MR) is 67.4 cm³/mol. The van der Waals surface area contributed by atoms with Gasteiger partial charge in [-0.15, -0.1) is 0 Å². The maximum Gasteiger partial charge on any atom is 0.231 e. The normalized spacial score (nSPS) is 13.3. The molecule has 1 heterocycles. The number of nitrogens with zero attached hydrogens (tertiary/aromatic N) is 2. The second kappa shape index (κ2) is 6.91. The number of hydrogen-bond donors (Lipinski definition) is 1. The fraction of sp³-hybridized carbons (Fsp3) is 0.818. The first kappa shape index (κ1) is 13.5. The monoisotopic (exact) mass is 243 g/mol. The van der Waals surface area contributed by atoms with E-state index in [2.05, 4.69) is 30.9 Å². The fourth-order valence-electron chi connectivity index (χ4n) is 1.44. The minimum atomic E-state index is 0.178. The zero-order valence-electron chi connectivity index (χ0n) is 10.3. The van der Waals surface area contributed by atoms with Crippen LogP contribution >= 0.6 is 11.8 Å². The molecule has 5 heteroatoms. The molecule has 1 aromatic rings. The Balaban J connectivity index is 2.55. The van der Waals surface area contributed by atoms with Gasteiger partial charge in [-0.3, -0.25) is 0 Å². The van der Waals surface area contributed by atoms with Gasteiger partial charge in [0.15, 0.2) is 5.82 Å². The van der Waals surface area contributed by atoms with E-state index in [1.807, 2.05) is 11.8 Å². The van der Waals surface area contributed by atoms with Gasteiger partial charge in [-0.05, 0) is 18.1 Å². The lowest BCUT2D eigenvalue weighted by molar-refractivity contribution is 0.322. The fourth-order valence-corrected chi connectivity index (χ4v) is 2.18. The quantitative estimate of drug-likeness (QED) is 0.745. The van der Waals surface area contributed by atoms with Gasteiger partial charge in [-0.2, -0.15) is 16.7 Å².